The highest BCUT2D eigenvalue weighted by Gasteiger charge is 2.41. The van der Waals surface area contributed by atoms with E-state index >= 15 is 0 Å². The van der Waals surface area contributed by atoms with Gasteiger partial charge in [0.1, 0.15) is 22.8 Å². The van der Waals surface area contributed by atoms with Gasteiger partial charge in [0.05, 0.1) is 29.9 Å². The van der Waals surface area contributed by atoms with Gasteiger partial charge in [-0.05, 0) is 58.2 Å². The number of primary amides is 1. The second kappa shape index (κ2) is 9.89. The molecule has 2 aromatic carbocycles. The lowest BCUT2D eigenvalue weighted by Gasteiger charge is -2.45. The lowest BCUT2D eigenvalue weighted by Crippen LogP contribution is -2.46. The molecule has 1 saturated heterocycles. The van der Waals surface area contributed by atoms with Gasteiger partial charge in [-0.1, -0.05) is 36.4 Å². The van der Waals surface area contributed by atoms with Crippen LogP contribution in [-0.2, 0) is 11.3 Å². The number of hydrogen-bond donors (Lipinski definition) is 3. The minimum Gasteiger partial charge on any atom is -0.496 e. The number of nitrogens with zero attached hydrogens (tertiary/aromatic N) is 2. The molecular formula is C28H35N5O4. The van der Waals surface area contributed by atoms with Crippen LogP contribution in [-0.4, -0.2) is 39.9 Å². The number of nitrogen functional groups attached to an aromatic ring is 1. The first-order valence-corrected chi connectivity index (χ1v) is 12.3. The van der Waals surface area contributed by atoms with Crippen LogP contribution in [0.3, 0.4) is 0 Å². The van der Waals surface area contributed by atoms with Crippen LogP contribution in [0.1, 0.15) is 72.9 Å². The third-order valence-electron chi connectivity index (χ3n) is 6.58. The van der Waals surface area contributed by atoms with Crippen LogP contribution in [0, 0.1) is 0 Å². The minimum absolute atomic E-state index is 0.0462. The number of carbonyl (C=O) groups is 2. The van der Waals surface area contributed by atoms with Gasteiger partial charge in [-0.25, -0.2) is 4.68 Å². The van der Waals surface area contributed by atoms with E-state index in [4.69, 9.17) is 26.0 Å². The van der Waals surface area contributed by atoms with E-state index in [0.29, 0.717) is 42.0 Å². The van der Waals surface area contributed by atoms with Crippen LogP contribution >= 0.6 is 0 Å². The van der Waals surface area contributed by atoms with Crippen molar-refractivity contribution in [2.75, 3.05) is 12.8 Å². The highest BCUT2D eigenvalue weighted by atomic mass is 16.5. The first-order chi connectivity index (χ1) is 17.4. The van der Waals surface area contributed by atoms with Crippen LogP contribution in [0.4, 0.5) is 5.82 Å². The highest BCUT2D eigenvalue weighted by Crippen LogP contribution is 2.42. The molecule has 0 spiro atoms. The number of nitrogens with one attached hydrogen (secondary N) is 1. The average Bonchev–Trinajstić information content (AvgIpc) is 3.18. The molecule has 3 aromatic rings. The molecule has 196 valence electrons. The Morgan fingerprint density at radius 3 is 2.30 bits per heavy atom. The smallest absolute Gasteiger partial charge is 0.255 e. The van der Waals surface area contributed by atoms with Crippen LogP contribution in [0.15, 0.2) is 48.5 Å². The van der Waals surface area contributed by atoms with Gasteiger partial charge in [-0.15, -0.1) is 0 Å². The molecule has 4 rings (SSSR count). The molecule has 0 bridgehead atoms. The van der Waals surface area contributed by atoms with Crippen molar-refractivity contribution in [1.82, 2.24) is 15.1 Å². The molecule has 0 atom stereocenters. The average molecular weight is 506 g/mol. The van der Waals surface area contributed by atoms with Crippen molar-refractivity contribution in [2.24, 2.45) is 5.73 Å². The van der Waals surface area contributed by atoms with Gasteiger partial charge in [0.15, 0.2) is 0 Å². The summed E-state index contributed by atoms with van der Waals surface area (Å²) in [6, 6.07) is 14.5. The maximum Gasteiger partial charge on any atom is 0.255 e. The Bertz CT molecular complexity index is 1290. The number of benzene rings is 2. The van der Waals surface area contributed by atoms with Crippen molar-refractivity contribution >= 4 is 17.6 Å². The van der Waals surface area contributed by atoms with E-state index in [1.54, 1.807) is 22.9 Å². The molecule has 2 amide bonds. The summed E-state index contributed by atoms with van der Waals surface area (Å²) in [7, 11) is 1.53. The summed E-state index contributed by atoms with van der Waals surface area (Å²) in [4.78, 5) is 25.0. The summed E-state index contributed by atoms with van der Waals surface area (Å²) in [5.74, 6) is -0.0863. The fourth-order valence-electron chi connectivity index (χ4n) is 5.27. The van der Waals surface area contributed by atoms with Crippen molar-refractivity contribution < 1.29 is 19.1 Å². The summed E-state index contributed by atoms with van der Waals surface area (Å²) >= 11 is 0. The molecule has 0 radical (unpaired) electrons. The second-order valence-electron chi connectivity index (χ2n) is 10.7. The summed E-state index contributed by atoms with van der Waals surface area (Å²) in [6.07, 6.45) is 1.40. The molecule has 1 aliphatic heterocycles. The third kappa shape index (κ3) is 5.61. The van der Waals surface area contributed by atoms with Gasteiger partial charge >= 0.3 is 0 Å². The lowest BCUT2D eigenvalue weighted by molar-refractivity contribution is -0.170. The Labute approximate surface area is 217 Å². The zero-order valence-corrected chi connectivity index (χ0v) is 22.0. The van der Waals surface area contributed by atoms with Crippen LogP contribution < -0.4 is 21.5 Å². The number of para-hydroxylation sites is 1. The maximum absolute atomic E-state index is 12.6. The number of anilines is 1. The molecule has 9 heteroatoms. The molecule has 2 heterocycles. The summed E-state index contributed by atoms with van der Waals surface area (Å²) in [5.41, 5.74) is 14.2. The SMILES string of the molecule is COc1ccccc1C(=O)NCc1ccc(-c2nn(C3CC(C)(C)OC(C)(C)C3)c(N)c2C(N)=O)cc1. The number of aromatic nitrogens is 2. The minimum atomic E-state index is -0.627. The molecule has 1 aromatic heterocycles. The van der Waals surface area contributed by atoms with Crippen LogP contribution in [0.25, 0.3) is 11.3 Å². The molecule has 37 heavy (non-hydrogen) atoms. The third-order valence-corrected chi connectivity index (χ3v) is 6.58. The number of rotatable bonds is 7. The van der Waals surface area contributed by atoms with Gasteiger partial charge < -0.3 is 26.3 Å². The zero-order valence-electron chi connectivity index (χ0n) is 22.0. The number of amides is 2. The summed E-state index contributed by atoms with van der Waals surface area (Å²) < 4.78 is 13.2. The number of ether oxygens (including phenoxy) is 2. The van der Waals surface area contributed by atoms with E-state index in [2.05, 4.69) is 5.32 Å². The van der Waals surface area contributed by atoms with Crippen molar-refractivity contribution in [3.05, 3.63) is 65.2 Å². The summed E-state index contributed by atoms with van der Waals surface area (Å²) in [6.45, 7) is 8.50. The van der Waals surface area contributed by atoms with E-state index in [1.807, 2.05) is 58.0 Å². The largest absolute Gasteiger partial charge is 0.496 e. The van der Waals surface area contributed by atoms with Crippen molar-refractivity contribution in [2.45, 2.75) is 64.3 Å². The van der Waals surface area contributed by atoms with E-state index in [9.17, 15) is 9.59 Å². The Kier molecular flexibility index (Phi) is 7.01. The van der Waals surface area contributed by atoms with Crippen molar-refractivity contribution in [3.63, 3.8) is 0 Å². The second-order valence-corrected chi connectivity index (χ2v) is 10.7. The lowest BCUT2D eigenvalue weighted by atomic mass is 9.85. The fourth-order valence-corrected chi connectivity index (χ4v) is 5.27. The Hall–Kier alpha value is -3.85. The molecule has 1 fully saturated rings. The Balaban J connectivity index is 1.56. The van der Waals surface area contributed by atoms with Crippen LogP contribution in [0.2, 0.25) is 0 Å². The topological polar surface area (TPSA) is 134 Å². The monoisotopic (exact) mass is 505 g/mol. The normalized spacial score (nSPS) is 16.8. The quantitative estimate of drug-likeness (QED) is 0.443. The van der Waals surface area contributed by atoms with Gasteiger partial charge in [0, 0.05) is 12.1 Å². The number of nitrogens with two attached hydrogens (primary N) is 2. The van der Waals surface area contributed by atoms with Crippen molar-refractivity contribution in [3.8, 4) is 17.0 Å². The van der Waals surface area contributed by atoms with E-state index in [1.165, 1.54) is 7.11 Å². The first kappa shape index (κ1) is 26.2. The van der Waals surface area contributed by atoms with Crippen molar-refractivity contribution in [1.29, 1.82) is 0 Å². The maximum atomic E-state index is 12.6. The van der Waals surface area contributed by atoms with E-state index in [-0.39, 0.29) is 34.5 Å². The van der Waals surface area contributed by atoms with Crippen LogP contribution in [0.5, 0.6) is 5.75 Å². The van der Waals surface area contributed by atoms with E-state index in [0.717, 1.165) is 5.56 Å². The predicted octanol–water partition coefficient (Wildman–Crippen LogP) is 4.08. The highest BCUT2D eigenvalue weighted by molar-refractivity contribution is 6.03. The summed E-state index contributed by atoms with van der Waals surface area (Å²) in [5, 5.41) is 7.68. The molecule has 0 aliphatic carbocycles. The predicted molar refractivity (Wildman–Crippen MR) is 142 cm³/mol. The molecule has 1 aliphatic rings. The van der Waals surface area contributed by atoms with Gasteiger partial charge in [-0.3, -0.25) is 9.59 Å². The van der Waals surface area contributed by atoms with Gasteiger partial charge in [0.25, 0.3) is 11.8 Å². The molecule has 0 unspecified atom stereocenters. The zero-order chi connectivity index (χ0) is 27.0. The molecule has 0 saturated carbocycles. The van der Waals surface area contributed by atoms with Gasteiger partial charge in [-0.2, -0.15) is 5.10 Å². The number of hydrogen-bond acceptors (Lipinski definition) is 6. The standard InChI is InChI=1S/C28H35N5O4/c1-27(2)14-19(15-28(3,4)37-27)33-24(29)22(25(30)34)23(32-33)18-12-10-17(11-13-18)16-31-26(35)20-8-6-7-9-21(20)36-5/h6-13,19H,14-16,29H2,1-5H3,(H2,30,34)(H,31,35). The molecule has 9 nitrogen and oxygen atoms in total. The Morgan fingerprint density at radius 1 is 1.08 bits per heavy atom. The number of carbonyl (C=O) groups excluding carboxylic acids is 2. The molecule has 5 N–H and O–H groups in total. The first-order valence-electron chi connectivity index (χ1n) is 12.3. The Morgan fingerprint density at radius 2 is 1.70 bits per heavy atom. The molecular weight excluding hydrogens is 470 g/mol. The van der Waals surface area contributed by atoms with Gasteiger partial charge in [0.2, 0.25) is 0 Å². The van der Waals surface area contributed by atoms with E-state index < -0.39 is 5.91 Å². The fraction of sp³-hybridized carbons (Fsp3) is 0.393. The number of methoxy groups -OCH3 is 1.